The first kappa shape index (κ1) is 19.4. The molecule has 4 rings (SSSR count). The molecule has 1 aliphatic rings. The number of halogens is 3. The van der Waals surface area contributed by atoms with E-state index < -0.39 is 0 Å². The van der Waals surface area contributed by atoms with Gasteiger partial charge >= 0.3 is 0 Å². The van der Waals surface area contributed by atoms with Gasteiger partial charge in [0.1, 0.15) is 0 Å². The van der Waals surface area contributed by atoms with Crippen LogP contribution in [0.25, 0.3) is 6.08 Å². The third-order valence-electron chi connectivity index (χ3n) is 4.60. The zero-order chi connectivity index (χ0) is 19.5. The van der Waals surface area contributed by atoms with E-state index in [0.29, 0.717) is 5.02 Å². The fraction of sp³-hybridized carbons (Fsp3) is 0.0870. The van der Waals surface area contributed by atoms with Crippen molar-refractivity contribution in [1.82, 2.24) is 0 Å². The Morgan fingerprint density at radius 2 is 1.57 bits per heavy atom. The summed E-state index contributed by atoms with van der Waals surface area (Å²) < 4.78 is 2.14. The van der Waals surface area contributed by atoms with E-state index in [0.717, 1.165) is 32.3 Å². The van der Waals surface area contributed by atoms with Crippen molar-refractivity contribution in [1.29, 1.82) is 0 Å². The maximum absolute atomic E-state index is 6.23. The topological polar surface area (TPSA) is 15.6 Å². The molecule has 0 saturated heterocycles. The predicted molar refractivity (Wildman–Crippen MR) is 126 cm³/mol. The number of hydrogen-bond donors (Lipinski definition) is 0. The Morgan fingerprint density at radius 1 is 0.893 bits per heavy atom. The highest BCUT2D eigenvalue weighted by atomic mass is 79.9. The summed E-state index contributed by atoms with van der Waals surface area (Å²) >= 11 is 13.2. The number of benzene rings is 3. The van der Waals surface area contributed by atoms with E-state index in [1.165, 1.54) is 5.56 Å². The second kappa shape index (κ2) is 8.64. The lowest BCUT2D eigenvalue weighted by atomic mass is 10.0. The van der Waals surface area contributed by atoms with Crippen LogP contribution in [0.4, 0.5) is 5.69 Å². The molecular formula is C23H17Br2ClN2. The van der Waals surface area contributed by atoms with Gasteiger partial charge in [-0.05, 0) is 59.7 Å². The molecule has 1 aliphatic heterocycles. The van der Waals surface area contributed by atoms with Gasteiger partial charge in [0.15, 0.2) is 0 Å². The minimum absolute atomic E-state index is 0.135. The summed E-state index contributed by atoms with van der Waals surface area (Å²) in [7, 11) is 0. The fourth-order valence-corrected chi connectivity index (χ4v) is 3.91. The highest BCUT2D eigenvalue weighted by Crippen LogP contribution is 2.36. The molecule has 0 saturated carbocycles. The van der Waals surface area contributed by atoms with E-state index in [9.17, 15) is 0 Å². The molecule has 0 radical (unpaired) electrons. The van der Waals surface area contributed by atoms with Gasteiger partial charge in [0.2, 0.25) is 0 Å². The van der Waals surface area contributed by atoms with Crippen LogP contribution in [-0.2, 0) is 0 Å². The second-order valence-electron chi connectivity index (χ2n) is 6.57. The summed E-state index contributed by atoms with van der Waals surface area (Å²) in [5.74, 6) is 0. The van der Waals surface area contributed by atoms with Crippen LogP contribution in [0.2, 0.25) is 5.02 Å². The minimum Gasteiger partial charge on any atom is -0.257 e. The van der Waals surface area contributed by atoms with Gasteiger partial charge in [-0.15, -0.1) is 0 Å². The third kappa shape index (κ3) is 4.57. The van der Waals surface area contributed by atoms with Gasteiger partial charge in [-0.25, -0.2) is 0 Å². The molecule has 0 aliphatic carbocycles. The lowest BCUT2D eigenvalue weighted by Gasteiger charge is -2.24. The summed E-state index contributed by atoms with van der Waals surface area (Å²) in [6.45, 7) is 0. The Morgan fingerprint density at radius 3 is 2.25 bits per heavy atom. The third-order valence-corrected chi connectivity index (χ3v) is 5.89. The van der Waals surface area contributed by atoms with E-state index in [-0.39, 0.29) is 6.04 Å². The number of nitrogens with zero attached hydrogens (tertiary/aromatic N) is 2. The van der Waals surface area contributed by atoms with Crippen molar-refractivity contribution in [3.8, 4) is 0 Å². The van der Waals surface area contributed by atoms with Crippen molar-refractivity contribution in [3.63, 3.8) is 0 Å². The van der Waals surface area contributed by atoms with Crippen molar-refractivity contribution in [2.45, 2.75) is 12.5 Å². The Kier molecular flexibility index (Phi) is 6.00. The van der Waals surface area contributed by atoms with Gasteiger partial charge in [0, 0.05) is 20.4 Å². The zero-order valence-electron chi connectivity index (χ0n) is 14.9. The van der Waals surface area contributed by atoms with E-state index in [1.54, 1.807) is 0 Å². The Hall–Kier alpha value is -1.88. The number of rotatable bonds is 4. The molecule has 28 heavy (non-hydrogen) atoms. The van der Waals surface area contributed by atoms with Gasteiger partial charge in [0.05, 0.1) is 17.4 Å². The Bertz CT molecular complexity index is 1030. The molecule has 5 heteroatoms. The van der Waals surface area contributed by atoms with Crippen LogP contribution in [0, 0.1) is 0 Å². The number of anilines is 1. The van der Waals surface area contributed by atoms with E-state index in [1.807, 2.05) is 36.4 Å². The maximum atomic E-state index is 6.23. The number of hydrogen-bond acceptors (Lipinski definition) is 2. The summed E-state index contributed by atoms with van der Waals surface area (Å²) in [5.41, 5.74) is 4.40. The number of hydrazone groups is 1. The molecule has 0 amide bonds. The molecule has 0 unspecified atom stereocenters. The Balaban J connectivity index is 1.65. The van der Waals surface area contributed by atoms with E-state index in [4.69, 9.17) is 16.7 Å². The van der Waals surface area contributed by atoms with E-state index in [2.05, 4.69) is 85.4 Å². The van der Waals surface area contributed by atoms with Gasteiger partial charge in [-0.2, -0.15) is 5.10 Å². The lowest BCUT2D eigenvalue weighted by molar-refractivity contribution is 0.709. The van der Waals surface area contributed by atoms with Crippen molar-refractivity contribution in [3.05, 3.63) is 104 Å². The molecule has 0 N–H and O–H groups in total. The fourth-order valence-electron chi connectivity index (χ4n) is 3.20. The van der Waals surface area contributed by atoms with Gasteiger partial charge in [0.25, 0.3) is 0 Å². The van der Waals surface area contributed by atoms with Crippen LogP contribution in [0.3, 0.4) is 0 Å². The molecule has 0 fully saturated rings. The molecule has 140 valence electrons. The maximum Gasteiger partial charge on any atom is 0.0831 e. The second-order valence-corrected chi connectivity index (χ2v) is 8.84. The van der Waals surface area contributed by atoms with Crippen molar-refractivity contribution < 1.29 is 0 Å². The molecule has 3 aromatic carbocycles. The van der Waals surface area contributed by atoms with Crippen LogP contribution in [0.1, 0.15) is 23.6 Å². The normalized spacial score (nSPS) is 16.6. The SMILES string of the molecule is Clc1cccc(N2N=C(/C=C/c3ccc(Br)cc3)C[C@H]2c2ccc(Br)cc2)c1. The van der Waals surface area contributed by atoms with Crippen molar-refractivity contribution in [2.24, 2.45) is 5.10 Å². The predicted octanol–water partition coefficient (Wildman–Crippen LogP) is 7.89. The Labute approximate surface area is 186 Å². The summed E-state index contributed by atoms with van der Waals surface area (Å²) in [4.78, 5) is 0. The van der Waals surface area contributed by atoms with Crippen LogP contribution in [-0.4, -0.2) is 5.71 Å². The van der Waals surface area contributed by atoms with Crippen molar-refractivity contribution >= 4 is 60.9 Å². The largest absolute Gasteiger partial charge is 0.257 e. The first-order chi connectivity index (χ1) is 13.6. The smallest absolute Gasteiger partial charge is 0.0831 e. The molecule has 0 spiro atoms. The van der Waals surface area contributed by atoms with Crippen LogP contribution in [0.5, 0.6) is 0 Å². The molecule has 1 heterocycles. The lowest BCUT2D eigenvalue weighted by Crippen LogP contribution is -2.18. The van der Waals surface area contributed by atoms with Crippen LogP contribution < -0.4 is 5.01 Å². The molecule has 1 atom stereocenters. The average Bonchev–Trinajstić information content (AvgIpc) is 3.12. The molecule has 2 nitrogen and oxygen atoms in total. The van der Waals surface area contributed by atoms with E-state index >= 15 is 0 Å². The first-order valence-electron chi connectivity index (χ1n) is 8.90. The number of allylic oxidation sites excluding steroid dienone is 1. The van der Waals surface area contributed by atoms with Gasteiger partial charge in [-0.3, -0.25) is 5.01 Å². The average molecular weight is 517 g/mol. The van der Waals surface area contributed by atoms with Crippen LogP contribution >= 0.6 is 43.5 Å². The molecular weight excluding hydrogens is 500 g/mol. The highest BCUT2D eigenvalue weighted by molar-refractivity contribution is 9.10. The zero-order valence-corrected chi connectivity index (χ0v) is 18.8. The summed E-state index contributed by atoms with van der Waals surface area (Å²) in [6, 6.07) is 24.6. The van der Waals surface area contributed by atoms with Gasteiger partial charge in [-0.1, -0.05) is 79.9 Å². The van der Waals surface area contributed by atoms with Gasteiger partial charge < -0.3 is 0 Å². The van der Waals surface area contributed by atoms with Crippen LogP contribution in [0.15, 0.2) is 92.9 Å². The summed E-state index contributed by atoms with van der Waals surface area (Å²) in [5, 5.41) is 7.67. The van der Waals surface area contributed by atoms with Crippen molar-refractivity contribution in [2.75, 3.05) is 5.01 Å². The first-order valence-corrected chi connectivity index (χ1v) is 10.9. The highest BCUT2D eigenvalue weighted by Gasteiger charge is 2.28. The summed E-state index contributed by atoms with van der Waals surface area (Å²) in [6.07, 6.45) is 5.03. The monoisotopic (exact) mass is 514 g/mol. The minimum atomic E-state index is 0.135. The molecule has 0 aromatic heterocycles. The quantitative estimate of drug-likeness (QED) is 0.344. The molecule has 3 aromatic rings. The molecule has 0 bridgehead atoms. The standard InChI is InChI=1S/C23H17Br2ClN2/c24-18-9-4-16(5-10-18)6-13-21-15-23(17-7-11-19(25)12-8-17)28(27-21)22-3-1-2-20(26)14-22/h1-14,23H,15H2/b13-6+/t23-/m0/s1.